The van der Waals surface area contributed by atoms with Crippen LogP contribution < -0.4 is 11.2 Å². The van der Waals surface area contributed by atoms with Crippen molar-refractivity contribution in [2.24, 2.45) is 0 Å². The summed E-state index contributed by atoms with van der Waals surface area (Å²) in [6.45, 7) is -0.390. The van der Waals surface area contributed by atoms with Crippen LogP contribution in [0, 0.1) is 0 Å². The molecule has 1 aromatic rings. The van der Waals surface area contributed by atoms with Crippen molar-refractivity contribution in [2.75, 3.05) is 20.3 Å². The minimum absolute atomic E-state index is 0.0458. The summed E-state index contributed by atoms with van der Waals surface area (Å²) in [5, 5.41) is 29.4. The quantitative estimate of drug-likeness (QED) is 0.466. The molecule has 0 unspecified atom stereocenters. The molecule has 9 nitrogen and oxygen atoms in total. The summed E-state index contributed by atoms with van der Waals surface area (Å²) in [5.74, 6) is 0. The minimum atomic E-state index is -1.62. The number of aromatic nitrogens is 2. The number of nitrogens with zero attached hydrogens (tertiary/aromatic N) is 1. The lowest BCUT2D eigenvalue weighted by molar-refractivity contribution is -0.161. The number of rotatable bonds is 5. The normalized spacial score (nSPS) is 32.5. The molecule has 0 saturated carbocycles. The molecule has 2 heterocycles. The second kappa shape index (κ2) is 6.08. The first-order valence-corrected chi connectivity index (χ1v) is 6.42. The molecule has 0 radical (unpaired) electrons. The van der Waals surface area contributed by atoms with Gasteiger partial charge in [0.05, 0.1) is 13.2 Å². The standard InChI is InChI=1S/C12H18N2O7/c1-20-5-3-12(10(18)9(17)7(6-15)21-12)14-4-2-8(16)13-11(14)19/h2,4,7,9-10,15,17-18H,3,5-6H2,1H3,(H,13,16,19)/t7-,9-,10-,12-/m1/s1. The number of nitrogens with one attached hydrogen (secondary N) is 1. The Bertz CT molecular complexity index is 598. The number of methoxy groups -OCH3 is 1. The SMILES string of the molecule is COCC[C@@]1(n2ccc(=O)[nH]c2=O)O[C@H](CO)[C@@H](O)[C@H]1O. The fourth-order valence-electron chi connectivity index (χ4n) is 2.51. The van der Waals surface area contributed by atoms with Crippen LogP contribution in [-0.4, -0.2) is 63.5 Å². The van der Waals surface area contributed by atoms with Gasteiger partial charge in [-0.25, -0.2) is 4.79 Å². The molecule has 1 aromatic heterocycles. The second-order valence-electron chi connectivity index (χ2n) is 4.84. The van der Waals surface area contributed by atoms with E-state index in [-0.39, 0.29) is 13.0 Å². The molecular formula is C12H18N2O7. The monoisotopic (exact) mass is 302 g/mol. The third-order valence-corrected chi connectivity index (χ3v) is 3.60. The van der Waals surface area contributed by atoms with Gasteiger partial charge in [-0.15, -0.1) is 0 Å². The molecular weight excluding hydrogens is 284 g/mol. The summed E-state index contributed by atoms with van der Waals surface area (Å²) in [6, 6.07) is 1.10. The summed E-state index contributed by atoms with van der Waals surface area (Å²) < 4.78 is 11.5. The molecule has 0 spiro atoms. The van der Waals surface area contributed by atoms with Crippen LogP contribution in [0.15, 0.2) is 21.9 Å². The first kappa shape index (κ1) is 15.9. The lowest BCUT2D eigenvalue weighted by Gasteiger charge is -2.33. The van der Waals surface area contributed by atoms with Crippen molar-refractivity contribution in [1.29, 1.82) is 0 Å². The Morgan fingerprint density at radius 1 is 1.48 bits per heavy atom. The zero-order valence-electron chi connectivity index (χ0n) is 11.4. The van der Waals surface area contributed by atoms with Gasteiger partial charge in [0.25, 0.3) is 5.56 Å². The Hall–Kier alpha value is -1.52. The van der Waals surface area contributed by atoms with E-state index in [1.807, 2.05) is 0 Å². The van der Waals surface area contributed by atoms with Gasteiger partial charge in [0.2, 0.25) is 0 Å². The van der Waals surface area contributed by atoms with Crippen LogP contribution in [0.5, 0.6) is 0 Å². The van der Waals surface area contributed by atoms with Gasteiger partial charge >= 0.3 is 5.69 Å². The lowest BCUT2D eigenvalue weighted by Crippen LogP contribution is -2.52. The van der Waals surface area contributed by atoms with Crippen molar-refractivity contribution in [3.05, 3.63) is 33.1 Å². The molecule has 0 amide bonds. The highest BCUT2D eigenvalue weighted by atomic mass is 16.6. The molecule has 1 saturated heterocycles. The van der Waals surface area contributed by atoms with Gasteiger partial charge in [-0.05, 0) is 0 Å². The number of hydrogen-bond donors (Lipinski definition) is 4. The van der Waals surface area contributed by atoms with Crippen molar-refractivity contribution in [3.63, 3.8) is 0 Å². The largest absolute Gasteiger partial charge is 0.394 e. The van der Waals surface area contributed by atoms with Gasteiger partial charge in [0, 0.05) is 25.8 Å². The van der Waals surface area contributed by atoms with E-state index in [2.05, 4.69) is 4.98 Å². The van der Waals surface area contributed by atoms with Crippen molar-refractivity contribution in [2.45, 2.75) is 30.5 Å². The summed E-state index contributed by atoms with van der Waals surface area (Å²) >= 11 is 0. The van der Waals surface area contributed by atoms with Crippen molar-refractivity contribution in [3.8, 4) is 0 Å². The average molecular weight is 302 g/mol. The molecule has 1 aliphatic rings. The Morgan fingerprint density at radius 3 is 2.71 bits per heavy atom. The summed E-state index contributed by atoms with van der Waals surface area (Å²) in [4.78, 5) is 25.2. The highest BCUT2D eigenvalue weighted by Crippen LogP contribution is 2.37. The van der Waals surface area contributed by atoms with Gasteiger partial charge in [-0.1, -0.05) is 0 Å². The van der Waals surface area contributed by atoms with Crippen molar-refractivity contribution in [1.82, 2.24) is 9.55 Å². The number of aliphatic hydroxyl groups excluding tert-OH is 3. The van der Waals surface area contributed by atoms with Crippen LogP contribution in [0.25, 0.3) is 0 Å². The van der Waals surface area contributed by atoms with E-state index < -0.39 is 41.9 Å². The molecule has 0 aromatic carbocycles. The Balaban J connectivity index is 2.52. The Labute approximate surface area is 119 Å². The first-order valence-electron chi connectivity index (χ1n) is 6.42. The molecule has 4 N–H and O–H groups in total. The van der Waals surface area contributed by atoms with Crippen LogP contribution in [0.2, 0.25) is 0 Å². The van der Waals surface area contributed by atoms with Crippen LogP contribution >= 0.6 is 0 Å². The zero-order chi connectivity index (χ0) is 15.6. The van der Waals surface area contributed by atoms with Crippen LogP contribution in [0.3, 0.4) is 0 Å². The summed E-state index contributed by atoms with van der Waals surface area (Å²) in [7, 11) is 1.44. The third kappa shape index (κ3) is 2.65. The maximum atomic E-state index is 12.0. The van der Waals surface area contributed by atoms with Crippen LogP contribution in [0.4, 0.5) is 0 Å². The topological polar surface area (TPSA) is 134 Å². The van der Waals surface area contributed by atoms with E-state index in [0.717, 1.165) is 10.6 Å². The number of ether oxygens (including phenoxy) is 2. The Kier molecular flexibility index (Phi) is 4.59. The van der Waals surface area contributed by atoms with Gasteiger partial charge in [0.1, 0.15) is 18.3 Å². The summed E-state index contributed by atoms with van der Waals surface area (Å²) in [5.41, 5.74) is -3.00. The molecule has 9 heteroatoms. The zero-order valence-corrected chi connectivity index (χ0v) is 11.4. The molecule has 1 aliphatic heterocycles. The number of hydrogen-bond acceptors (Lipinski definition) is 7. The molecule has 0 bridgehead atoms. The highest BCUT2D eigenvalue weighted by Gasteiger charge is 2.55. The van der Waals surface area contributed by atoms with E-state index in [4.69, 9.17) is 9.47 Å². The van der Waals surface area contributed by atoms with E-state index in [9.17, 15) is 24.9 Å². The van der Waals surface area contributed by atoms with Gasteiger partial charge in [0.15, 0.2) is 5.72 Å². The predicted molar refractivity (Wildman–Crippen MR) is 69.8 cm³/mol. The maximum absolute atomic E-state index is 12.0. The smallest absolute Gasteiger partial charge is 0.330 e. The van der Waals surface area contributed by atoms with Crippen molar-refractivity contribution >= 4 is 0 Å². The van der Waals surface area contributed by atoms with Crippen LogP contribution in [-0.2, 0) is 15.2 Å². The van der Waals surface area contributed by atoms with Crippen LogP contribution in [0.1, 0.15) is 6.42 Å². The first-order chi connectivity index (χ1) is 9.96. The van der Waals surface area contributed by atoms with E-state index in [1.165, 1.54) is 13.3 Å². The number of H-pyrrole nitrogens is 1. The van der Waals surface area contributed by atoms with E-state index >= 15 is 0 Å². The summed E-state index contributed by atoms with van der Waals surface area (Å²) in [6.07, 6.45) is -2.66. The fraction of sp³-hybridized carbons (Fsp3) is 0.667. The van der Waals surface area contributed by atoms with Gasteiger partial charge in [-0.3, -0.25) is 14.3 Å². The Morgan fingerprint density at radius 2 is 2.19 bits per heavy atom. The molecule has 1 fully saturated rings. The minimum Gasteiger partial charge on any atom is -0.394 e. The molecule has 118 valence electrons. The van der Waals surface area contributed by atoms with Crippen molar-refractivity contribution < 1.29 is 24.8 Å². The highest BCUT2D eigenvalue weighted by molar-refractivity contribution is 5.01. The molecule has 2 rings (SSSR count). The van der Waals surface area contributed by atoms with E-state index in [1.54, 1.807) is 0 Å². The predicted octanol–water partition coefficient (Wildman–Crippen LogP) is -2.66. The van der Waals surface area contributed by atoms with Gasteiger partial charge in [-0.2, -0.15) is 0 Å². The third-order valence-electron chi connectivity index (χ3n) is 3.60. The van der Waals surface area contributed by atoms with E-state index in [0.29, 0.717) is 0 Å². The number of aromatic amines is 1. The average Bonchev–Trinajstić information content (AvgIpc) is 2.70. The maximum Gasteiger partial charge on any atom is 0.330 e. The lowest BCUT2D eigenvalue weighted by atomic mass is 9.99. The molecule has 21 heavy (non-hydrogen) atoms. The van der Waals surface area contributed by atoms with Gasteiger partial charge < -0.3 is 24.8 Å². The second-order valence-corrected chi connectivity index (χ2v) is 4.84. The molecule has 0 aliphatic carbocycles. The molecule has 4 atom stereocenters. The fourth-order valence-corrected chi connectivity index (χ4v) is 2.51. The number of aliphatic hydroxyl groups is 3.